The molecule has 1 fully saturated rings. The van der Waals surface area contributed by atoms with Crippen molar-refractivity contribution in [1.29, 1.82) is 0 Å². The van der Waals surface area contributed by atoms with E-state index >= 15 is 0 Å². The van der Waals surface area contributed by atoms with Crippen molar-refractivity contribution < 1.29 is 17.6 Å². The Bertz CT molecular complexity index is 2220. The number of hydrogen-bond acceptors (Lipinski definition) is 7. The molecule has 0 atom stereocenters. The summed E-state index contributed by atoms with van der Waals surface area (Å²) in [5.74, 6) is -0.0877. The van der Waals surface area contributed by atoms with Crippen molar-refractivity contribution in [2.24, 2.45) is 5.92 Å². The minimum Gasteiger partial charge on any atom is -0.338 e. The molecule has 240 valence electrons. The second-order valence-corrected chi connectivity index (χ2v) is 13.8. The van der Waals surface area contributed by atoms with Gasteiger partial charge in [0.1, 0.15) is 17.2 Å². The molecule has 11 nitrogen and oxygen atoms in total. The lowest BCUT2D eigenvalue weighted by atomic mass is 9.94. The fraction of sp³-hybridized carbons (Fsp3) is 0.235. The normalized spacial score (nSPS) is 14.2. The summed E-state index contributed by atoms with van der Waals surface area (Å²) in [5, 5.41) is 15.7. The average Bonchev–Trinajstić information content (AvgIpc) is 3.68. The number of amides is 1. The molecule has 1 amide bonds. The van der Waals surface area contributed by atoms with Crippen LogP contribution in [0, 0.1) is 11.7 Å². The Balaban J connectivity index is 1.18. The van der Waals surface area contributed by atoms with E-state index in [-0.39, 0.29) is 12.5 Å². The number of rotatable bonds is 9. The largest absolute Gasteiger partial charge is 0.338 e. The van der Waals surface area contributed by atoms with E-state index in [0.717, 1.165) is 70.9 Å². The molecule has 0 aliphatic carbocycles. The second kappa shape index (κ2) is 12.7. The van der Waals surface area contributed by atoms with Crippen molar-refractivity contribution in [3.05, 3.63) is 84.6 Å². The number of piperidine rings is 1. The van der Waals surface area contributed by atoms with Gasteiger partial charge in [-0.2, -0.15) is 5.10 Å². The van der Waals surface area contributed by atoms with Gasteiger partial charge in [-0.05, 0) is 103 Å². The molecule has 5 heterocycles. The van der Waals surface area contributed by atoms with Gasteiger partial charge in [0.05, 0.1) is 29.4 Å². The van der Waals surface area contributed by atoms with E-state index < -0.39 is 15.8 Å². The van der Waals surface area contributed by atoms with Crippen molar-refractivity contribution in [2.45, 2.75) is 25.8 Å². The van der Waals surface area contributed by atoms with Gasteiger partial charge in [0.2, 0.25) is 15.9 Å². The first-order chi connectivity index (χ1) is 22.7. The molecular formula is C34H33FN8O3S. The number of nitrogens with zero attached hydrogens (tertiary/aromatic N) is 3. The fourth-order valence-electron chi connectivity index (χ4n) is 6.15. The smallest absolute Gasteiger partial charge is 0.224 e. The van der Waals surface area contributed by atoms with Gasteiger partial charge >= 0.3 is 0 Å². The number of carbonyl (C=O) groups is 1. The highest BCUT2D eigenvalue weighted by molar-refractivity contribution is 7.88. The lowest BCUT2D eigenvalue weighted by Gasteiger charge is -2.21. The number of aromatic nitrogens is 5. The first-order valence-corrected chi connectivity index (χ1v) is 17.2. The lowest BCUT2D eigenvalue weighted by molar-refractivity contribution is -0.117. The third-order valence-corrected chi connectivity index (χ3v) is 9.11. The summed E-state index contributed by atoms with van der Waals surface area (Å²) in [7, 11) is -3.44. The highest BCUT2D eigenvalue weighted by Gasteiger charge is 2.18. The summed E-state index contributed by atoms with van der Waals surface area (Å²) in [6.07, 6.45) is 8.63. The topological polar surface area (TPSA) is 158 Å². The fourth-order valence-corrected chi connectivity index (χ4v) is 6.58. The summed E-state index contributed by atoms with van der Waals surface area (Å²) in [5.41, 5.74) is 7.08. The molecule has 7 rings (SSSR count). The monoisotopic (exact) mass is 652 g/mol. The van der Waals surface area contributed by atoms with E-state index in [9.17, 15) is 17.6 Å². The highest BCUT2D eigenvalue weighted by atomic mass is 32.2. The van der Waals surface area contributed by atoms with Gasteiger partial charge in [0.15, 0.2) is 0 Å². The van der Waals surface area contributed by atoms with Gasteiger partial charge in [-0.1, -0.05) is 6.07 Å². The average molecular weight is 653 g/mol. The number of sulfonamides is 1. The van der Waals surface area contributed by atoms with Crippen LogP contribution in [0.4, 0.5) is 10.1 Å². The molecule has 5 N–H and O–H groups in total. The minimum atomic E-state index is -3.44. The van der Waals surface area contributed by atoms with E-state index in [2.05, 4.69) is 40.5 Å². The Kier molecular flexibility index (Phi) is 8.26. The third-order valence-electron chi connectivity index (χ3n) is 8.45. The van der Waals surface area contributed by atoms with Crippen LogP contribution in [-0.4, -0.2) is 58.8 Å². The van der Waals surface area contributed by atoms with Gasteiger partial charge in [0, 0.05) is 41.7 Å². The maximum absolute atomic E-state index is 14.7. The predicted molar refractivity (Wildman–Crippen MR) is 180 cm³/mol. The number of anilines is 1. The summed E-state index contributed by atoms with van der Waals surface area (Å²) in [4.78, 5) is 25.0. The number of H-pyrrole nitrogens is 2. The molecule has 0 bridgehead atoms. The molecule has 1 saturated heterocycles. The lowest BCUT2D eigenvalue weighted by Crippen LogP contribution is -2.30. The van der Waals surface area contributed by atoms with Crippen LogP contribution in [0.25, 0.3) is 55.6 Å². The number of fused-ring (bicyclic) bond motifs is 2. The summed E-state index contributed by atoms with van der Waals surface area (Å²) >= 11 is 0. The predicted octanol–water partition coefficient (Wildman–Crippen LogP) is 5.35. The molecule has 47 heavy (non-hydrogen) atoms. The zero-order chi connectivity index (χ0) is 32.5. The third kappa shape index (κ3) is 6.92. The van der Waals surface area contributed by atoms with Crippen LogP contribution in [0.2, 0.25) is 0 Å². The molecule has 0 unspecified atom stereocenters. The number of carbonyl (C=O) groups excluding carboxylic acids is 1. The number of halogens is 1. The van der Waals surface area contributed by atoms with E-state index in [1.165, 1.54) is 12.1 Å². The Morgan fingerprint density at radius 3 is 2.66 bits per heavy atom. The molecule has 1 aliphatic heterocycles. The molecule has 13 heteroatoms. The minimum absolute atomic E-state index is 0.00440. The zero-order valence-corrected chi connectivity index (χ0v) is 26.4. The van der Waals surface area contributed by atoms with Gasteiger partial charge in [-0.25, -0.2) is 22.5 Å². The zero-order valence-electron chi connectivity index (χ0n) is 25.6. The quantitative estimate of drug-likeness (QED) is 0.141. The van der Waals surface area contributed by atoms with E-state index in [1.54, 1.807) is 30.7 Å². The molecular weight excluding hydrogens is 619 g/mol. The van der Waals surface area contributed by atoms with E-state index in [1.807, 2.05) is 30.3 Å². The Morgan fingerprint density at radius 2 is 1.83 bits per heavy atom. The molecule has 6 aromatic rings. The standard InChI is InChI=1S/C34H33FN8O3S/c1-47(45,46)39-17-21-10-23(13-25(35)11-21)27-6-9-38-34-28(27)16-31(41-34)33-29-15-22(2-3-30(29)42-43-33)24-14-26(19-37-18-24)40-32(44)12-20-4-7-36-8-5-20/h2-3,6,9-11,13-16,18-20,36,39H,4-5,7-8,12,17H2,1H3,(H,38,41)(H,40,44)(H,42,43). The maximum Gasteiger partial charge on any atom is 0.224 e. The molecule has 0 saturated carbocycles. The van der Waals surface area contributed by atoms with Crippen LogP contribution < -0.4 is 15.4 Å². The molecule has 0 radical (unpaired) electrons. The van der Waals surface area contributed by atoms with Crippen LogP contribution >= 0.6 is 0 Å². The number of hydrogen-bond donors (Lipinski definition) is 5. The SMILES string of the molecule is CS(=O)(=O)NCc1cc(F)cc(-c2ccnc3[nH]c(-c4n[nH]c5ccc(-c6cncc(NC(=O)CC7CCNCC7)c6)cc45)cc23)c1. The molecule has 1 aliphatic rings. The molecule has 2 aromatic carbocycles. The van der Waals surface area contributed by atoms with Gasteiger partial charge in [-0.3, -0.25) is 14.9 Å². The van der Waals surface area contributed by atoms with Gasteiger partial charge in [0.25, 0.3) is 0 Å². The Labute approximate surface area is 270 Å². The van der Waals surface area contributed by atoms with Crippen molar-refractivity contribution in [3.8, 4) is 33.6 Å². The van der Waals surface area contributed by atoms with Crippen molar-refractivity contribution in [1.82, 2.24) is 35.2 Å². The number of benzene rings is 2. The number of aromatic amines is 2. The second-order valence-electron chi connectivity index (χ2n) is 12.0. The van der Waals surface area contributed by atoms with E-state index in [0.29, 0.717) is 40.5 Å². The summed E-state index contributed by atoms with van der Waals surface area (Å²) < 4.78 is 40.3. The highest BCUT2D eigenvalue weighted by Crippen LogP contribution is 2.35. The van der Waals surface area contributed by atoms with Crippen LogP contribution in [0.15, 0.2) is 73.2 Å². The van der Waals surface area contributed by atoms with Crippen LogP contribution in [-0.2, 0) is 21.4 Å². The maximum atomic E-state index is 14.7. The van der Waals surface area contributed by atoms with Gasteiger partial charge in [-0.15, -0.1) is 0 Å². The van der Waals surface area contributed by atoms with Crippen molar-refractivity contribution >= 4 is 43.6 Å². The first kappa shape index (κ1) is 30.7. The molecule has 4 aromatic heterocycles. The first-order valence-electron chi connectivity index (χ1n) is 15.4. The summed E-state index contributed by atoms with van der Waals surface area (Å²) in [6, 6.07) is 16.1. The van der Waals surface area contributed by atoms with Crippen molar-refractivity contribution in [2.75, 3.05) is 24.7 Å². The van der Waals surface area contributed by atoms with Crippen LogP contribution in [0.1, 0.15) is 24.8 Å². The number of pyridine rings is 2. The Morgan fingerprint density at radius 1 is 0.979 bits per heavy atom. The van der Waals surface area contributed by atoms with Gasteiger partial charge < -0.3 is 15.6 Å². The number of nitrogens with one attached hydrogen (secondary N) is 5. The van der Waals surface area contributed by atoms with Crippen LogP contribution in [0.5, 0.6) is 0 Å². The van der Waals surface area contributed by atoms with E-state index in [4.69, 9.17) is 0 Å². The summed E-state index contributed by atoms with van der Waals surface area (Å²) in [6.45, 7) is 1.87. The van der Waals surface area contributed by atoms with Crippen molar-refractivity contribution in [3.63, 3.8) is 0 Å². The Hall–Kier alpha value is -4.98. The van der Waals surface area contributed by atoms with Crippen LogP contribution in [0.3, 0.4) is 0 Å². The molecule has 0 spiro atoms.